The second-order valence-corrected chi connectivity index (χ2v) is 7.13. The normalized spacial score (nSPS) is 19.8. The molecule has 144 valence electrons. The summed E-state index contributed by atoms with van der Waals surface area (Å²) in [6, 6.07) is 9.26. The van der Waals surface area contributed by atoms with Crippen LogP contribution < -0.4 is 16.0 Å². The molecule has 1 saturated heterocycles. The molecule has 1 aliphatic heterocycles. The van der Waals surface area contributed by atoms with Crippen molar-refractivity contribution in [3.8, 4) is 5.69 Å². The molecular formula is C19H24ClN5O2. The van der Waals surface area contributed by atoms with E-state index in [1.165, 1.54) is 0 Å². The van der Waals surface area contributed by atoms with E-state index in [2.05, 4.69) is 21.0 Å². The van der Waals surface area contributed by atoms with Crippen LogP contribution in [0.3, 0.4) is 0 Å². The summed E-state index contributed by atoms with van der Waals surface area (Å²) in [4.78, 5) is 24.4. The quantitative estimate of drug-likeness (QED) is 0.726. The number of piperidine rings is 1. The number of hydrogen-bond acceptors (Lipinski definition) is 4. The molecule has 2 fully saturated rings. The van der Waals surface area contributed by atoms with Gasteiger partial charge in [-0.15, -0.1) is 12.4 Å². The number of anilines is 1. The molecule has 27 heavy (non-hydrogen) atoms. The Bertz CT molecular complexity index is 785. The molecule has 4 rings (SSSR count). The minimum absolute atomic E-state index is 0. The summed E-state index contributed by atoms with van der Waals surface area (Å²) in [6.07, 6.45) is 6.64. The van der Waals surface area contributed by atoms with Crippen molar-refractivity contribution in [3.05, 3.63) is 42.7 Å². The number of carbonyl (C=O) groups excluding carboxylic acids is 2. The number of hydrogen-bond donors (Lipinski definition) is 3. The van der Waals surface area contributed by atoms with Crippen LogP contribution in [0.5, 0.6) is 0 Å². The maximum absolute atomic E-state index is 12.3. The zero-order valence-corrected chi connectivity index (χ0v) is 15.8. The molecule has 1 spiro atoms. The Hall–Kier alpha value is -2.38. The van der Waals surface area contributed by atoms with Crippen molar-refractivity contribution in [2.75, 3.05) is 25.0 Å². The molecule has 1 unspecified atom stereocenters. The van der Waals surface area contributed by atoms with Crippen molar-refractivity contribution in [1.29, 1.82) is 0 Å². The van der Waals surface area contributed by atoms with Gasteiger partial charge in [-0.3, -0.25) is 9.59 Å². The predicted octanol–water partition coefficient (Wildman–Crippen LogP) is 1.74. The number of halogens is 1. The fourth-order valence-electron chi connectivity index (χ4n) is 3.81. The van der Waals surface area contributed by atoms with Crippen molar-refractivity contribution in [2.45, 2.75) is 19.3 Å². The van der Waals surface area contributed by atoms with Crippen molar-refractivity contribution in [3.63, 3.8) is 0 Å². The standard InChI is InChI=1S/C19H23N5O2.ClH/c25-17(13-21-18(26)16-12-19(16)6-9-20-10-7-19)23-14-2-4-15(5-3-14)24-11-1-8-22-24;/h1-5,8,11,16,20H,6-7,9-10,12-13H2,(H,21,26)(H,23,25);1H. The zero-order chi connectivity index (χ0) is 18.0. The van der Waals surface area contributed by atoms with Gasteiger partial charge in [0, 0.05) is 24.0 Å². The van der Waals surface area contributed by atoms with Crippen LogP contribution in [0.1, 0.15) is 19.3 Å². The molecule has 2 aliphatic rings. The Morgan fingerprint density at radius 3 is 2.63 bits per heavy atom. The fourth-order valence-corrected chi connectivity index (χ4v) is 3.81. The molecule has 2 aromatic rings. The minimum Gasteiger partial charge on any atom is -0.347 e. The topological polar surface area (TPSA) is 88.0 Å². The first-order valence-corrected chi connectivity index (χ1v) is 9.05. The lowest BCUT2D eigenvalue weighted by Gasteiger charge is -2.23. The van der Waals surface area contributed by atoms with Crippen LogP contribution in [0.25, 0.3) is 5.69 Å². The summed E-state index contributed by atoms with van der Waals surface area (Å²) in [5.41, 5.74) is 1.80. The van der Waals surface area contributed by atoms with Crippen LogP contribution in [0.4, 0.5) is 5.69 Å². The molecule has 1 aliphatic carbocycles. The highest BCUT2D eigenvalue weighted by Gasteiger charge is 2.57. The predicted molar refractivity (Wildman–Crippen MR) is 105 cm³/mol. The molecule has 1 aromatic heterocycles. The smallest absolute Gasteiger partial charge is 0.243 e. The maximum Gasteiger partial charge on any atom is 0.243 e. The third-order valence-electron chi connectivity index (χ3n) is 5.45. The number of rotatable bonds is 5. The van der Waals surface area contributed by atoms with Crippen molar-refractivity contribution >= 4 is 29.9 Å². The molecule has 2 heterocycles. The van der Waals surface area contributed by atoms with Gasteiger partial charge in [-0.05, 0) is 68.1 Å². The van der Waals surface area contributed by atoms with Gasteiger partial charge in [0.15, 0.2) is 0 Å². The summed E-state index contributed by atoms with van der Waals surface area (Å²) < 4.78 is 1.75. The lowest BCUT2D eigenvalue weighted by atomic mass is 9.92. The molecule has 8 heteroatoms. The highest BCUT2D eigenvalue weighted by atomic mass is 35.5. The minimum atomic E-state index is -0.217. The number of nitrogens with one attached hydrogen (secondary N) is 3. The second kappa shape index (κ2) is 8.10. The molecule has 0 bridgehead atoms. The van der Waals surface area contributed by atoms with Crippen molar-refractivity contribution in [1.82, 2.24) is 20.4 Å². The van der Waals surface area contributed by atoms with Gasteiger partial charge in [0.1, 0.15) is 0 Å². The van der Waals surface area contributed by atoms with Gasteiger partial charge in [0.05, 0.1) is 12.2 Å². The van der Waals surface area contributed by atoms with Crippen molar-refractivity contribution in [2.24, 2.45) is 11.3 Å². The van der Waals surface area contributed by atoms with E-state index >= 15 is 0 Å². The summed E-state index contributed by atoms with van der Waals surface area (Å²) in [5.74, 6) is -0.132. The Kier molecular flexibility index (Phi) is 5.82. The third kappa shape index (κ3) is 4.31. The second-order valence-electron chi connectivity index (χ2n) is 7.13. The number of amides is 2. The molecule has 3 N–H and O–H groups in total. The van der Waals surface area contributed by atoms with E-state index in [-0.39, 0.29) is 42.1 Å². The van der Waals surface area contributed by atoms with Crippen LogP contribution in [-0.2, 0) is 9.59 Å². The summed E-state index contributed by atoms with van der Waals surface area (Å²) in [6.45, 7) is 1.97. The Morgan fingerprint density at radius 2 is 1.96 bits per heavy atom. The molecule has 0 radical (unpaired) electrons. The van der Waals surface area contributed by atoms with E-state index < -0.39 is 0 Å². The monoisotopic (exact) mass is 389 g/mol. The first kappa shape index (κ1) is 19.4. The third-order valence-corrected chi connectivity index (χ3v) is 5.45. The first-order valence-electron chi connectivity index (χ1n) is 9.05. The Balaban J connectivity index is 0.00000210. The summed E-state index contributed by atoms with van der Waals surface area (Å²) >= 11 is 0. The van der Waals surface area contributed by atoms with Gasteiger partial charge in [-0.2, -0.15) is 5.10 Å². The SMILES string of the molecule is Cl.O=C(CNC(=O)C1CC12CCNCC2)Nc1ccc(-n2cccn2)cc1. The maximum atomic E-state index is 12.3. The van der Waals surface area contributed by atoms with Gasteiger partial charge in [-0.25, -0.2) is 4.68 Å². The van der Waals surface area contributed by atoms with Gasteiger partial charge in [-0.1, -0.05) is 0 Å². The number of carbonyl (C=O) groups is 2. The van der Waals surface area contributed by atoms with Gasteiger partial charge in [0.2, 0.25) is 11.8 Å². The van der Waals surface area contributed by atoms with Crippen LogP contribution in [0.2, 0.25) is 0 Å². The molecule has 1 saturated carbocycles. The number of nitrogens with zero attached hydrogens (tertiary/aromatic N) is 2. The zero-order valence-electron chi connectivity index (χ0n) is 15.0. The van der Waals surface area contributed by atoms with Gasteiger partial charge in [0.25, 0.3) is 0 Å². The van der Waals surface area contributed by atoms with Crippen LogP contribution in [0.15, 0.2) is 42.7 Å². The van der Waals surface area contributed by atoms with E-state index in [4.69, 9.17) is 0 Å². The lowest BCUT2D eigenvalue weighted by Crippen LogP contribution is -2.37. The average Bonchev–Trinajstić information content (AvgIpc) is 3.09. The fraction of sp³-hybridized carbons (Fsp3) is 0.421. The number of benzene rings is 1. The van der Waals surface area contributed by atoms with Crippen LogP contribution >= 0.6 is 12.4 Å². The van der Waals surface area contributed by atoms with E-state index in [0.29, 0.717) is 5.69 Å². The van der Waals surface area contributed by atoms with Crippen LogP contribution in [0, 0.1) is 11.3 Å². The highest BCUT2D eigenvalue weighted by Crippen LogP contribution is 2.58. The first-order chi connectivity index (χ1) is 12.7. The van der Waals surface area contributed by atoms with E-state index in [9.17, 15) is 9.59 Å². The molecular weight excluding hydrogens is 366 g/mol. The van der Waals surface area contributed by atoms with Crippen molar-refractivity contribution < 1.29 is 9.59 Å². The summed E-state index contributed by atoms with van der Waals surface area (Å²) in [5, 5.41) is 13.1. The molecule has 1 aromatic carbocycles. The average molecular weight is 390 g/mol. The molecule has 2 amide bonds. The summed E-state index contributed by atoms with van der Waals surface area (Å²) in [7, 11) is 0. The van der Waals surface area contributed by atoms with Gasteiger partial charge >= 0.3 is 0 Å². The lowest BCUT2D eigenvalue weighted by molar-refractivity contribution is -0.125. The molecule has 7 nitrogen and oxygen atoms in total. The van der Waals surface area contributed by atoms with Crippen LogP contribution in [-0.4, -0.2) is 41.2 Å². The van der Waals surface area contributed by atoms with E-state index in [1.807, 2.05) is 36.5 Å². The highest BCUT2D eigenvalue weighted by molar-refractivity contribution is 5.95. The largest absolute Gasteiger partial charge is 0.347 e. The van der Waals surface area contributed by atoms with Gasteiger partial charge < -0.3 is 16.0 Å². The Labute approximate surface area is 164 Å². The molecule has 1 atom stereocenters. The Morgan fingerprint density at radius 1 is 1.22 bits per heavy atom. The van der Waals surface area contributed by atoms with E-state index in [1.54, 1.807) is 10.9 Å². The van der Waals surface area contributed by atoms with E-state index in [0.717, 1.165) is 38.0 Å². The number of aromatic nitrogens is 2.